The minimum atomic E-state index is 0.753. The fraction of sp³-hybridized carbons (Fsp3) is 1.00. The van der Waals surface area contributed by atoms with Crippen molar-refractivity contribution in [3.63, 3.8) is 0 Å². The molecule has 0 aromatic rings. The van der Waals surface area contributed by atoms with Crippen LogP contribution in [-0.2, 0) is 0 Å². The van der Waals surface area contributed by atoms with E-state index in [9.17, 15) is 0 Å². The van der Waals surface area contributed by atoms with E-state index >= 15 is 0 Å². The first-order valence-electron chi connectivity index (χ1n) is 4.15. The molecule has 0 radical (unpaired) electrons. The lowest BCUT2D eigenvalue weighted by molar-refractivity contribution is 0.369. The zero-order chi connectivity index (χ0) is 7.56. The highest BCUT2D eigenvalue weighted by Crippen LogP contribution is 2.24. The molecular weight excluding hydrogens is 142 g/mol. The largest absolute Gasteiger partial charge is 0.250 e. The van der Waals surface area contributed by atoms with Gasteiger partial charge in [-0.25, -0.2) is 0 Å². The third kappa shape index (κ3) is 2.17. The van der Waals surface area contributed by atoms with Gasteiger partial charge in [-0.15, -0.1) is 0 Å². The van der Waals surface area contributed by atoms with Crippen LogP contribution >= 0.6 is 12.8 Å². The van der Waals surface area contributed by atoms with Crippen molar-refractivity contribution in [2.24, 2.45) is 5.92 Å². The van der Waals surface area contributed by atoms with Crippen molar-refractivity contribution in [3.05, 3.63) is 0 Å². The predicted molar refractivity (Wildman–Crippen MR) is 48.2 cm³/mol. The van der Waals surface area contributed by atoms with E-state index in [1.165, 1.54) is 25.8 Å². The van der Waals surface area contributed by atoms with Crippen molar-refractivity contribution in [2.75, 3.05) is 6.54 Å². The summed E-state index contributed by atoms with van der Waals surface area (Å²) in [6.07, 6.45) is 3.99. The van der Waals surface area contributed by atoms with Crippen molar-refractivity contribution in [2.45, 2.75) is 39.2 Å². The van der Waals surface area contributed by atoms with Crippen LogP contribution in [0.4, 0.5) is 0 Å². The first-order valence-corrected chi connectivity index (χ1v) is 4.55. The molecule has 0 spiro atoms. The summed E-state index contributed by atoms with van der Waals surface area (Å²) in [5, 5.41) is 0. The second kappa shape index (κ2) is 3.63. The summed E-state index contributed by atoms with van der Waals surface area (Å²) in [5.41, 5.74) is 0. The van der Waals surface area contributed by atoms with Gasteiger partial charge in [0, 0.05) is 12.6 Å². The van der Waals surface area contributed by atoms with Gasteiger partial charge in [-0.2, -0.15) is 0 Å². The average molecular weight is 159 g/mol. The van der Waals surface area contributed by atoms with Gasteiger partial charge in [0.05, 0.1) is 0 Å². The van der Waals surface area contributed by atoms with E-state index in [0.717, 1.165) is 12.0 Å². The molecule has 0 N–H and O–H groups in total. The van der Waals surface area contributed by atoms with E-state index in [-0.39, 0.29) is 0 Å². The number of hydrogen-bond acceptors (Lipinski definition) is 2. The minimum Gasteiger partial charge on any atom is -0.250 e. The van der Waals surface area contributed by atoms with Crippen LogP contribution in [0.15, 0.2) is 0 Å². The molecule has 0 saturated carbocycles. The maximum atomic E-state index is 4.40. The molecule has 1 unspecified atom stereocenters. The Morgan fingerprint density at radius 2 is 2.30 bits per heavy atom. The van der Waals surface area contributed by atoms with Gasteiger partial charge in [0.25, 0.3) is 0 Å². The summed E-state index contributed by atoms with van der Waals surface area (Å²) < 4.78 is 2.19. The molecule has 0 aromatic carbocycles. The molecule has 1 nitrogen and oxygen atoms in total. The van der Waals surface area contributed by atoms with E-state index < -0.39 is 0 Å². The molecule has 0 bridgehead atoms. The number of hydrogen-bond donors (Lipinski definition) is 1. The van der Waals surface area contributed by atoms with Gasteiger partial charge in [-0.05, 0) is 25.2 Å². The first kappa shape index (κ1) is 8.41. The quantitative estimate of drug-likeness (QED) is 0.605. The molecule has 0 amide bonds. The molecule has 2 heteroatoms. The van der Waals surface area contributed by atoms with E-state index in [1.807, 2.05) is 0 Å². The van der Waals surface area contributed by atoms with Crippen LogP contribution in [0.2, 0.25) is 0 Å². The summed E-state index contributed by atoms with van der Waals surface area (Å²) in [5.74, 6) is 0.817. The number of rotatable bonds is 2. The van der Waals surface area contributed by atoms with Crippen LogP contribution in [-0.4, -0.2) is 16.9 Å². The Balaban J connectivity index is 2.26. The molecule has 1 saturated heterocycles. The Bertz CT molecular complexity index is 103. The molecule has 1 atom stereocenters. The molecule has 1 heterocycles. The molecule has 60 valence electrons. The lowest BCUT2D eigenvalue weighted by atomic mass is 10.0. The van der Waals surface area contributed by atoms with Crippen LogP contribution < -0.4 is 0 Å². The predicted octanol–water partition coefficient (Wildman–Crippen LogP) is 2.34. The Morgan fingerprint density at radius 1 is 1.60 bits per heavy atom. The standard InChI is InChI=1S/C8H17NS/c1-7(2)6-8-4-3-5-9(8)10/h7-8,10H,3-6H2,1-2H3. The number of thiol groups is 1. The fourth-order valence-corrected chi connectivity index (χ4v) is 1.96. The lowest BCUT2D eigenvalue weighted by Gasteiger charge is -2.19. The van der Waals surface area contributed by atoms with Gasteiger partial charge in [0.1, 0.15) is 0 Å². The summed E-state index contributed by atoms with van der Waals surface area (Å²) in [4.78, 5) is 0. The van der Waals surface area contributed by atoms with Gasteiger partial charge in [0.2, 0.25) is 0 Å². The van der Waals surface area contributed by atoms with E-state index in [2.05, 4.69) is 31.0 Å². The van der Waals surface area contributed by atoms with Crippen molar-refractivity contribution in [3.8, 4) is 0 Å². The second-order valence-corrected chi connectivity index (χ2v) is 4.10. The van der Waals surface area contributed by atoms with Crippen LogP contribution in [0.5, 0.6) is 0 Å². The topological polar surface area (TPSA) is 3.24 Å². The van der Waals surface area contributed by atoms with Crippen molar-refractivity contribution < 1.29 is 0 Å². The third-order valence-corrected chi connectivity index (χ3v) is 2.62. The smallest absolute Gasteiger partial charge is 0.0203 e. The first-order chi connectivity index (χ1) is 4.70. The van der Waals surface area contributed by atoms with E-state index in [1.54, 1.807) is 0 Å². The van der Waals surface area contributed by atoms with Gasteiger partial charge in [0.15, 0.2) is 0 Å². The molecule has 10 heavy (non-hydrogen) atoms. The van der Waals surface area contributed by atoms with Gasteiger partial charge < -0.3 is 0 Å². The zero-order valence-electron chi connectivity index (χ0n) is 6.88. The maximum Gasteiger partial charge on any atom is 0.0203 e. The Hall–Kier alpha value is 0.310. The van der Waals surface area contributed by atoms with Gasteiger partial charge in [-0.3, -0.25) is 4.31 Å². The van der Waals surface area contributed by atoms with Crippen LogP contribution in [0.1, 0.15) is 33.1 Å². The summed E-state index contributed by atoms with van der Waals surface area (Å²) >= 11 is 4.40. The fourth-order valence-electron chi connectivity index (χ4n) is 1.60. The average Bonchev–Trinajstić information content (AvgIpc) is 2.15. The SMILES string of the molecule is CC(C)CC1CCCN1S. The van der Waals surface area contributed by atoms with Gasteiger partial charge >= 0.3 is 0 Å². The van der Waals surface area contributed by atoms with Crippen molar-refractivity contribution >= 4 is 12.8 Å². The lowest BCUT2D eigenvalue weighted by Crippen LogP contribution is -2.21. The molecule has 1 fully saturated rings. The monoisotopic (exact) mass is 159 g/mol. The molecule has 1 aliphatic rings. The van der Waals surface area contributed by atoms with Crippen LogP contribution in [0.25, 0.3) is 0 Å². The summed E-state index contributed by atoms with van der Waals surface area (Å²) in [7, 11) is 0. The Morgan fingerprint density at radius 3 is 2.70 bits per heavy atom. The van der Waals surface area contributed by atoms with Crippen LogP contribution in [0, 0.1) is 5.92 Å². The Labute approximate surface area is 69.3 Å². The zero-order valence-corrected chi connectivity index (χ0v) is 7.77. The molecule has 1 rings (SSSR count). The highest BCUT2D eigenvalue weighted by atomic mass is 32.1. The molecule has 0 aromatic heterocycles. The molecular formula is C8H17NS. The Kier molecular flexibility index (Phi) is 3.05. The van der Waals surface area contributed by atoms with E-state index in [4.69, 9.17) is 0 Å². The summed E-state index contributed by atoms with van der Waals surface area (Å²) in [6.45, 7) is 5.74. The second-order valence-electron chi connectivity index (χ2n) is 3.59. The highest BCUT2D eigenvalue weighted by molar-refractivity contribution is 7.77. The molecule has 1 aliphatic heterocycles. The van der Waals surface area contributed by atoms with Gasteiger partial charge in [-0.1, -0.05) is 26.7 Å². The van der Waals surface area contributed by atoms with Crippen molar-refractivity contribution in [1.29, 1.82) is 0 Å². The van der Waals surface area contributed by atoms with E-state index in [0.29, 0.717) is 0 Å². The maximum absolute atomic E-state index is 4.40. The minimum absolute atomic E-state index is 0.753. The normalized spacial score (nSPS) is 28.2. The summed E-state index contributed by atoms with van der Waals surface area (Å²) in [6, 6.07) is 0.753. The number of nitrogens with zero attached hydrogens (tertiary/aromatic N) is 1. The van der Waals surface area contributed by atoms with Crippen LogP contribution in [0.3, 0.4) is 0 Å². The highest BCUT2D eigenvalue weighted by Gasteiger charge is 2.21. The molecule has 0 aliphatic carbocycles. The van der Waals surface area contributed by atoms with Crippen molar-refractivity contribution in [1.82, 2.24) is 4.31 Å². The third-order valence-electron chi connectivity index (χ3n) is 2.09.